The third-order valence-electron chi connectivity index (χ3n) is 3.33. The van der Waals surface area contributed by atoms with Crippen LogP contribution in [0.1, 0.15) is 30.9 Å². The van der Waals surface area contributed by atoms with Gasteiger partial charge in [0.2, 0.25) is 5.75 Å². The number of nitro groups is 1. The number of hydrogen-bond donors (Lipinski definition) is 3. The topological polar surface area (TPSA) is 110 Å². The summed E-state index contributed by atoms with van der Waals surface area (Å²) < 4.78 is 0. The van der Waals surface area contributed by atoms with Gasteiger partial charge in [-0.1, -0.05) is 6.42 Å². The molecule has 1 saturated carbocycles. The first-order valence-electron chi connectivity index (χ1n) is 5.46. The van der Waals surface area contributed by atoms with Crippen LogP contribution in [0.2, 0.25) is 0 Å². The van der Waals surface area contributed by atoms with E-state index in [0.717, 1.165) is 19.3 Å². The Balaban J connectivity index is 2.37. The van der Waals surface area contributed by atoms with Gasteiger partial charge in [0.05, 0.1) is 4.92 Å². The first kappa shape index (κ1) is 11.7. The molecule has 4 N–H and O–H groups in total. The molecule has 1 fully saturated rings. The van der Waals surface area contributed by atoms with Crippen LogP contribution in [-0.4, -0.2) is 15.1 Å². The smallest absolute Gasteiger partial charge is 0.314 e. The minimum absolute atomic E-state index is 0.304. The molecule has 1 aliphatic carbocycles. The van der Waals surface area contributed by atoms with Crippen molar-refractivity contribution in [2.75, 3.05) is 0 Å². The zero-order valence-corrected chi connectivity index (χ0v) is 9.17. The first-order chi connectivity index (χ1) is 8.00. The predicted molar refractivity (Wildman–Crippen MR) is 60.7 cm³/mol. The second kappa shape index (κ2) is 4.21. The average Bonchev–Trinajstić information content (AvgIpc) is 2.18. The van der Waals surface area contributed by atoms with E-state index in [2.05, 4.69) is 0 Å². The van der Waals surface area contributed by atoms with E-state index in [1.165, 1.54) is 12.1 Å². The van der Waals surface area contributed by atoms with Gasteiger partial charge < -0.3 is 15.9 Å². The highest BCUT2D eigenvalue weighted by Gasteiger charge is 2.28. The number of benzene rings is 1. The van der Waals surface area contributed by atoms with Gasteiger partial charge in [0.25, 0.3) is 0 Å². The molecular weight excluding hydrogens is 224 g/mol. The van der Waals surface area contributed by atoms with E-state index >= 15 is 0 Å². The number of phenolic OH excluding ortho intramolecular Hbond substituents is 2. The molecule has 1 aliphatic rings. The highest BCUT2D eigenvalue weighted by molar-refractivity contribution is 5.57. The fourth-order valence-corrected chi connectivity index (χ4v) is 2.03. The maximum absolute atomic E-state index is 10.7. The molecule has 92 valence electrons. The highest BCUT2D eigenvalue weighted by atomic mass is 16.6. The van der Waals surface area contributed by atoms with Crippen LogP contribution in [0.25, 0.3) is 0 Å². The number of phenols is 2. The van der Waals surface area contributed by atoms with Crippen LogP contribution in [0.15, 0.2) is 12.1 Å². The molecule has 0 amide bonds. The van der Waals surface area contributed by atoms with Crippen molar-refractivity contribution in [2.24, 2.45) is 11.7 Å². The third-order valence-corrected chi connectivity index (χ3v) is 3.33. The lowest BCUT2D eigenvalue weighted by atomic mass is 9.77. The van der Waals surface area contributed by atoms with Crippen molar-refractivity contribution in [2.45, 2.75) is 25.3 Å². The van der Waals surface area contributed by atoms with Crippen molar-refractivity contribution in [3.63, 3.8) is 0 Å². The monoisotopic (exact) mass is 238 g/mol. The number of nitrogens with two attached hydrogens (primary N) is 1. The summed E-state index contributed by atoms with van der Waals surface area (Å²) in [6, 6.07) is 2.21. The van der Waals surface area contributed by atoms with E-state index in [4.69, 9.17) is 5.73 Å². The molecule has 17 heavy (non-hydrogen) atoms. The van der Waals surface area contributed by atoms with Crippen LogP contribution in [0.3, 0.4) is 0 Å². The number of nitro benzene ring substituents is 1. The molecule has 1 aromatic rings. The second-order valence-electron chi connectivity index (χ2n) is 4.38. The Labute approximate surface area is 97.8 Å². The van der Waals surface area contributed by atoms with Gasteiger partial charge in [0.1, 0.15) is 0 Å². The molecule has 0 aromatic heterocycles. The molecule has 6 nitrogen and oxygen atoms in total. The number of aromatic hydroxyl groups is 2. The van der Waals surface area contributed by atoms with Crippen LogP contribution < -0.4 is 5.73 Å². The molecule has 1 aromatic carbocycles. The summed E-state index contributed by atoms with van der Waals surface area (Å²) in [6.07, 6.45) is 3.11. The van der Waals surface area contributed by atoms with Crippen molar-refractivity contribution in [1.29, 1.82) is 0 Å². The van der Waals surface area contributed by atoms with Crippen LogP contribution in [0.5, 0.6) is 11.5 Å². The molecule has 0 radical (unpaired) electrons. The Morgan fingerprint density at radius 2 is 2.06 bits per heavy atom. The molecule has 0 saturated heterocycles. The summed E-state index contributed by atoms with van der Waals surface area (Å²) in [7, 11) is 0. The van der Waals surface area contributed by atoms with Crippen LogP contribution in [0.4, 0.5) is 5.69 Å². The lowest BCUT2D eigenvalue weighted by Gasteiger charge is -2.31. The summed E-state index contributed by atoms with van der Waals surface area (Å²) in [5.74, 6) is -0.901. The van der Waals surface area contributed by atoms with Gasteiger partial charge in [-0.2, -0.15) is 0 Å². The van der Waals surface area contributed by atoms with Crippen molar-refractivity contribution in [3.05, 3.63) is 27.8 Å². The van der Waals surface area contributed by atoms with E-state index < -0.39 is 22.1 Å². The van der Waals surface area contributed by atoms with Crippen molar-refractivity contribution >= 4 is 5.69 Å². The minimum atomic E-state index is -0.730. The van der Waals surface area contributed by atoms with E-state index in [1.54, 1.807) is 0 Å². The number of hydrogen-bond acceptors (Lipinski definition) is 5. The molecule has 0 bridgehead atoms. The molecule has 2 rings (SSSR count). The Morgan fingerprint density at radius 1 is 1.41 bits per heavy atom. The fourth-order valence-electron chi connectivity index (χ4n) is 2.03. The molecule has 1 atom stereocenters. The normalized spacial score (nSPS) is 17.5. The Hall–Kier alpha value is -1.82. The molecule has 0 spiro atoms. The zero-order chi connectivity index (χ0) is 12.6. The molecule has 6 heteroatoms. The highest BCUT2D eigenvalue weighted by Crippen LogP contribution is 2.42. The standard InChI is InChI=1S/C11H14N2O4/c12-10(6-2-1-3-6)7-4-8(13(16)17)11(15)9(14)5-7/h4-6,10,14-15H,1-3,12H2/t10-/m0/s1. The predicted octanol–water partition coefficient (Wildman–Crippen LogP) is 1.81. The average molecular weight is 238 g/mol. The van der Waals surface area contributed by atoms with Crippen molar-refractivity contribution in [1.82, 2.24) is 0 Å². The zero-order valence-electron chi connectivity index (χ0n) is 9.17. The summed E-state index contributed by atoms with van der Waals surface area (Å²) >= 11 is 0. The summed E-state index contributed by atoms with van der Waals surface area (Å²) in [6.45, 7) is 0. The third kappa shape index (κ3) is 2.03. The lowest BCUT2D eigenvalue weighted by Crippen LogP contribution is -2.26. The van der Waals surface area contributed by atoms with E-state index in [0.29, 0.717) is 11.5 Å². The van der Waals surface area contributed by atoms with Crippen LogP contribution >= 0.6 is 0 Å². The largest absolute Gasteiger partial charge is 0.504 e. The lowest BCUT2D eigenvalue weighted by molar-refractivity contribution is -0.386. The van der Waals surface area contributed by atoms with E-state index in [-0.39, 0.29) is 6.04 Å². The number of nitrogens with zero attached hydrogens (tertiary/aromatic N) is 1. The maximum atomic E-state index is 10.7. The second-order valence-corrected chi connectivity index (χ2v) is 4.38. The van der Waals surface area contributed by atoms with Gasteiger partial charge in [-0.3, -0.25) is 10.1 Å². The van der Waals surface area contributed by atoms with E-state index in [1.807, 2.05) is 0 Å². The fraction of sp³-hybridized carbons (Fsp3) is 0.455. The molecule has 0 unspecified atom stereocenters. The van der Waals surface area contributed by atoms with Gasteiger partial charge in [-0.15, -0.1) is 0 Å². The van der Waals surface area contributed by atoms with Gasteiger partial charge in [0.15, 0.2) is 5.75 Å². The minimum Gasteiger partial charge on any atom is -0.504 e. The Kier molecular flexibility index (Phi) is 2.89. The van der Waals surface area contributed by atoms with Gasteiger partial charge >= 0.3 is 5.69 Å². The van der Waals surface area contributed by atoms with E-state index in [9.17, 15) is 20.3 Å². The first-order valence-corrected chi connectivity index (χ1v) is 5.46. The Bertz CT molecular complexity index is 457. The van der Waals surface area contributed by atoms with Crippen molar-refractivity contribution in [3.8, 4) is 11.5 Å². The SMILES string of the molecule is N[C@H](c1cc(O)c(O)c([N+](=O)[O-])c1)C1CCC1. The van der Waals surface area contributed by atoms with Gasteiger partial charge in [-0.05, 0) is 30.4 Å². The maximum Gasteiger partial charge on any atom is 0.314 e. The van der Waals surface area contributed by atoms with Crippen LogP contribution in [0, 0.1) is 16.0 Å². The molecule has 0 heterocycles. The van der Waals surface area contributed by atoms with Crippen molar-refractivity contribution < 1.29 is 15.1 Å². The Morgan fingerprint density at radius 3 is 2.53 bits per heavy atom. The van der Waals surface area contributed by atoms with Crippen LogP contribution in [-0.2, 0) is 0 Å². The molecule has 0 aliphatic heterocycles. The summed E-state index contributed by atoms with van der Waals surface area (Å²) in [5, 5.41) is 29.5. The van der Waals surface area contributed by atoms with Gasteiger partial charge in [0, 0.05) is 12.1 Å². The molecular formula is C11H14N2O4. The number of rotatable bonds is 3. The summed E-state index contributed by atoms with van der Waals surface area (Å²) in [5.41, 5.74) is 5.97. The quantitative estimate of drug-likeness (QED) is 0.422. The van der Waals surface area contributed by atoms with Gasteiger partial charge in [-0.25, -0.2) is 0 Å². The summed E-state index contributed by atoms with van der Waals surface area (Å²) in [4.78, 5) is 9.97.